The van der Waals surface area contributed by atoms with E-state index in [1.807, 2.05) is 4.68 Å². The molecule has 1 saturated heterocycles. The van der Waals surface area contributed by atoms with Gasteiger partial charge in [-0.05, 0) is 25.7 Å². The number of guanidine groups is 1. The van der Waals surface area contributed by atoms with E-state index in [1.165, 1.54) is 0 Å². The van der Waals surface area contributed by atoms with E-state index in [0.29, 0.717) is 25.0 Å². The maximum absolute atomic E-state index is 12.2. The minimum absolute atomic E-state index is 0. The number of aliphatic imine (C=N–C) groups is 1. The summed E-state index contributed by atoms with van der Waals surface area (Å²) in [5.41, 5.74) is 0. The monoisotopic (exact) mass is 569 g/mol. The van der Waals surface area contributed by atoms with Crippen molar-refractivity contribution in [3.8, 4) is 0 Å². The van der Waals surface area contributed by atoms with Crippen LogP contribution in [0.15, 0.2) is 4.99 Å². The molecule has 2 atom stereocenters. The predicted molar refractivity (Wildman–Crippen MR) is 132 cm³/mol. The Bertz CT molecular complexity index is 822. The fourth-order valence-electron chi connectivity index (χ4n) is 3.64. The molecule has 3 heterocycles. The molecule has 1 aromatic rings. The number of fused-ring (bicyclic) bond motifs is 1. The lowest BCUT2D eigenvalue weighted by Crippen LogP contribution is -2.48. The van der Waals surface area contributed by atoms with Gasteiger partial charge in [0, 0.05) is 45.1 Å². The third-order valence-electron chi connectivity index (χ3n) is 5.42. The first-order valence-corrected chi connectivity index (χ1v) is 12.5. The van der Waals surface area contributed by atoms with E-state index in [9.17, 15) is 8.42 Å². The first-order chi connectivity index (χ1) is 14.4. The van der Waals surface area contributed by atoms with Crippen LogP contribution < -0.4 is 15.4 Å². The van der Waals surface area contributed by atoms with E-state index in [2.05, 4.69) is 44.3 Å². The smallest absolute Gasteiger partial charge is 0.213 e. The molecule has 10 nitrogen and oxygen atoms in total. The van der Waals surface area contributed by atoms with Crippen molar-refractivity contribution < 1.29 is 13.2 Å². The molecular formula is C19H36IN7O3S. The van der Waals surface area contributed by atoms with E-state index >= 15 is 0 Å². The molecule has 1 aromatic heterocycles. The summed E-state index contributed by atoms with van der Waals surface area (Å²) >= 11 is 0. The molecule has 31 heavy (non-hydrogen) atoms. The topological polar surface area (TPSA) is 123 Å². The minimum atomic E-state index is -3.36. The van der Waals surface area contributed by atoms with E-state index in [1.54, 1.807) is 7.05 Å². The number of nitrogens with zero attached hydrogens (tertiary/aromatic N) is 4. The Balaban J connectivity index is 0.00000341. The second-order valence-electron chi connectivity index (χ2n) is 8.26. The van der Waals surface area contributed by atoms with E-state index < -0.39 is 10.0 Å². The molecule has 1 fully saturated rings. The molecule has 3 N–H and O–H groups in total. The summed E-state index contributed by atoms with van der Waals surface area (Å²) in [7, 11) is -1.68. The Hall–Kier alpha value is -0.990. The summed E-state index contributed by atoms with van der Waals surface area (Å²) in [6.45, 7) is 6.24. The number of halogens is 1. The zero-order valence-electron chi connectivity index (χ0n) is 18.6. The number of rotatable bonds is 8. The Morgan fingerprint density at radius 1 is 1.32 bits per heavy atom. The van der Waals surface area contributed by atoms with Gasteiger partial charge in [-0.2, -0.15) is 5.10 Å². The van der Waals surface area contributed by atoms with E-state index in [4.69, 9.17) is 4.74 Å². The maximum Gasteiger partial charge on any atom is 0.213 e. The maximum atomic E-state index is 12.2. The van der Waals surface area contributed by atoms with Crippen LogP contribution in [0.3, 0.4) is 0 Å². The average molecular weight is 570 g/mol. The van der Waals surface area contributed by atoms with Crippen LogP contribution in [0.25, 0.3) is 0 Å². The third kappa shape index (κ3) is 8.13. The van der Waals surface area contributed by atoms with Gasteiger partial charge in [0.25, 0.3) is 0 Å². The van der Waals surface area contributed by atoms with Crippen molar-refractivity contribution in [3.05, 3.63) is 11.6 Å². The van der Waals surface area contributed by atoms with Crippen molar-refractivity contribution in [2.75, 3.05) is 32.5 Å². The minimum Gasteiger partial charge on any atom is -0.377 e. The second kappa shape index (κ2) is 12.3. The predicted octanol–water partition coefficient (Wildman–Crippen LogP) is 0.988. The Labute approximate surface area is 202 Å². The van der Waals surface area contributed by atoms with Crippen LogP contribution in [0.1, 0.15) is 57.1 Å². The van der Waals surface area contributed by atoms with E-state index in [-0.39, 0.29) is 48.4 Å². The van der Waals surface area contributed by atoms with Gasteiger partial charge in [-0.15, -0.1) is 24.0 Å². The van der Waals surface area contributed by atoms with E-state index in [0.717, 1.165) is 50.3 Å². The van der Waals surface area contributed by atoms with Gasteiger partial charge >= 0.3 is 0 Å². The Morgan fingerprint density at radius 2 is 2.13 bits per heavy atom. The van der Waals surface area contributed by atoms with Crippen LogP contribution in [0.5, 0.6) is 0 Å². The van der Waals surface area contributed by atoms with Crippen molar-refractivity contribution in [1.29, 1.82) is 0 Å². The standard InChI is InChI=1S/C19H35N7O3S.HI/c1-14(2)18-24-17-8-7-15(13-26(17)25-18)23-19(20-3)21-9-11-30(27,28)22-12-16-6-4-5-10-29-16;/h14-16,22H,4-13H2,1-3H3,(H2,20,21,23);1H. The highest BCUT2D eigenvalue weighted by Gasteiger charge is 2.23. The molecule has 0 aromatic carbocycles. The van der Waals surface area contributed by atoms with Gasteiger partial charge in [0.1, 0.15) is 5.82 Å². The lowest BCUT2D eigenvalue weighted by molar-refractivity contribution is 0.0200. The fraction of sp³-hybridized carbons (Fsp3) is 0.842. The van der Waals surface area contributed by atoms with Gasteiger partial charge in [0.2, 0.25) is 10.0 Å². The molecule has 178 valence electrons. The van der Waals surface area contributed by atoms with Gasteiger partial charge in [0.05, 0.1) is 18.4 Å². The average Bonchev–Trinajstić information content (AvgIpc) is 3.16. The molecule has 2 unspecified atom stereocenters. The number of nitrogens with one attached hydrogen (secondary N) is 3. The highest BCUT2D eigenvalue weighted by atomic mass is 127. The van der Waals surface area contributed by atoms with Crippen molar-refractivity contribution in [2.45, 2.75) is 70.6 Å². The Morgan fingerprint density at radius 3 is 2.81 bits per heavy atom. The summed E-state index contributed by atoms with van der Waals surface area (Å²) in [6.07, 6.45) is 4.82. The van der Waals surface area contributed by atoms with Gasteiger partial charge < -0.3 is 15.4 Å². The molecule has 0 spiro atoms. The molecule has 2 aliphatic rings. The summed E-state index contributed by atoms with van der Waals surface area (Å²) < 4.78 is 34.7. The quantitative estimate of drug-likeness (QED) is 0.243. The summed E-state index contributed by atoms with van der Waals surface area (Å²) in [6, 6.07) is 0.170. The first-order valence-electron chi connectivity index (χ1n) is 10.9. The molecule has 12 heteroatoms. The van der Waals surface area contributed by atoms with Gasteiger partial charge in [0.15, 0.2) is 11.8 Å². The number of aryl methyl sites for hydroxylation is 1. The van der Waals surface area contributed by atoms with Crippen LogP contribution in [-0.2, 0) is 27.7 Å². The number of sulfonamides is 1. The largest absolute Gasteiger partial charge is 0.377 e. The number of aromatic nitrogens is 3. The van der Waals surface area contributed by atoms with Crippen LogP contribution in [0.2, 0.25) is 0 Å². The van der Waals surface area contributed by atoms with Crippen LogP contribution in [-0.4, -0.2) is 73.8 Å². The van der Waals surface area contributed by atoms with Gasteiger partial charge in [-0.3, -0.25) is 4.99 Å². The molecule has 0 aliphatic carbocycles. The molecule has 3 rings (SSSR count). The van der Waals surface area contributed by atoms with Crippen molar-refractivity contribution in [1.82, 2.24) is 30.1 Å². The number of hydrogen-bond donors (Lipinski definition) is 3. The summed E-state index contributed by atoms with van der Waals surface area (Å²) in [5, 5.41) is 11.1. The second-order valence-corrected chi connectivity index (χ2v) is 10.2. The van der Waals surface area contributed by atoms with Crippen molar-refractivity contribution in [3.63, 3.8) is 0 Å². The third-order valence-corrected chi connectivity index (χ3v) is 6.77. The Kier molecular flexibility index (Phi) is 10.4. The molecular weight excluding hydrogens is 533 g/mol. The number of hydrogen-bond acceptors (Lipinski definition) is 6. The van der Waals surface area contributed by atoms with Crippen LogP contribution in [0, 0.1) is 0 Å². The molecule has 0 radical (unpaired) electrons. The summed E-state index contributed by atoms with van der Waals surface area (Å²) in [4.78, 5) is 8.83. The van der Waals surface area contributed by atoms with Crippen molar-refractivity contribution in [2.24, 2.45) is 4.99 Å². The first kappa shape index (κ1) is 26.3. The van der Waals surface area contributed by atoms with Crippen LogP contribution >= 0.6 is 24.0 Å². The van der Waals surface area contributed by atoms with Gasteiger partial charge in [-0.1, -0.05) is 13.8 Å². The molecule has 0 amide bonds. The number of ether oxygens (including phenoxy) is 1. The summed E-state index contributed by atoms with van der Waals surface area (Å²) in [5.74, 6) is 2.79. The highest BCUT2D eigenvalue weighted by Crippen LogP contribution is 2.17. The fourth-order valence-corrected chi connectivity index (χ4v) is 4.60. The highest BCUT2D eigenvalue weighted by molar-refractivity contribution is 14.0. The van der Waals surface area contributed by atoms with Crippen molar-refractivity contribution >= 4 is 40.0 Å². The lowest BCUT2D eigenvalue weighted by atomic mass is 10.1. The van der Waals surface area contributed by atoms with Gasteiger partial charge in [-0.25, -0.2) is 22.8 Å². The zero-order valence-corrected chi connectivity index (χ0v) is 21.8. The lowest BCUT2D eigenvalue weighted by Gasteiger charge is -2.25. The van der Waals surface area contributed by atoms with Crippen LogP contribution in [0.4, 0.5) is 0 Å². The molecule has 0 bridgehead atoms. The normalized spacial score (nSPS) is 22.0. The SMILES string of the molecule is CN=C(NCCS(=O)(=O)NCC1CCCCO1)NC1CCc2nc(C(C)C)nn2C1.I. The zero-order chi connectivity index (χ0) is 21.6. The molecule has 0 saturated carbocycles. The molecule has 2 aliphatic heterocycles.